The zero-order valence-electron chi connectivity index (χ0n) is 11.5. The van der Waals surface area contributed by atoms with E-state index in [-0.39, 0.29) is 11.7 Å². The molecule has 5 nitrogen and oxygen atoms in total. The third-order valence-corrected chi connectivity index (χ3v) is 3.00. The molecule has 21 heavy (non-hydrogen) atoms. The molecule has 0 saturated heterocycles. The van der Waals surface area contributed by atoms with Crippen molar-refractivity contribution >= 4 is 11.5 Å². The van der Waals surface area contributed by atoms with Crippen molar-refractivity contribution in [2.75, 3.05) is 12.4 Å². The summed E-state index contributed by atoms with van der Waals surface area (Å²) >= 11 is 0. The molecule has 2 aromatic rings. The summed E-state index contributed by atoms with van der Waals surface area (Å²) in [5.74, 6) is 0.165. The van der Waals surface area contributed by atoms with Crippen LogP contribution in [-0.4, -0.2) is 18.2 Å². The molecule has 0 aromatic heterocycles. The van der Waals surface area contributed by atoms with E-state index in [0.717, 1.165) is 5.56 Å². The SMILES string of the molecule is COc1cc(F)ccc1NCc1ccc(C(N)=NO)cc1. The van der Waals surface area contributed by atoms with Crippen molar-refractivity contribution in [2.45, 2.75) is 6.54 Å². The van der Waals surface area contributed by atoms with E-state index in [9.17, 15) is 4.39 Å². The van der Waals surface area contributed by atoms with Crippen LogP contribution in [0.4, 0.5) is 10.1 Å². The van der Waals surface area contributed by atoms with E-state index in [0.29, 0.717) is 23.5 Å². The maximum Gasteiger partial charge on any atom is 0.170 e. The first-order valence-corrected chi connectivity index (χ1v) is 6.28. The van der Waals surface area contributed by atoms with Gasteiger partial charge < -0.3 is 21.0 Å². The second-order valence-corrected chi connectivity index (χ2v) is 4.38. The predicted octanol–water partition coefficient (Wildman–Crippen LogP) is 2.54. The van der Waals surface area contributed by atoms with Gasteiger partial charge >= 0.3 is 0 Å². The lowest BCUT2D eigenvalue weighted by atomic mass is 10.1. The van der Waals surface area contributed by atoms with Crippen LogP contribution < -0.4 is 15.8 Å². The number of methoxy groups -OCH3 is 1. The molecule has 0 aliphatic carbocycles. The minimum absolute atomic E-state index is 0.0645. The molecular weight excluding hydrogens is 273 g/mol. The Hall–Kier alpha value is -2.76. The van der Waals surface area contributed by atoms with Gasteiger partial charge in [-0.3, -0.25) is 0 Å². The third-order valence-electron chi connectivity index (χ3n) is 3.00. The summed E-state index contributed by atoms with van der Waals surface area (Å²) in [5.41, 5.74) is 7.84. The topological polar surface area (TPSA) is 79.9 Å². The van der Waals surface area contributed by atoms with Crippen molar-refractivity contribution in [1.29, 1.82) is 0 Å². The predicted molar refractivity (Wildman–Crippen MR) is 79.2 cm³/mol. The largest absolute Gasteiger partial charge is 0.494 e. The third kappa shape index (κ3) is 3.62. The van der Waals surface area contributed by atoms with Crippen LogP contribution in [0.5, 0.6) is 5.75 Å². The number of amidine groups is 1. The Balaban J connectivity index is 2.06. The number of ether oxygens (including phenoxy) is 1. The second-order valence-electron chi connectivity index (χ2n) is 4.38. The van der Waals surface area contributed by atoms with E-state index < -0.39 is 0 Å². The highest BCUT2D eigenvalue weighted by Crippen LogP contribution is 2.25. The highest BCUT2D eigenvalue weighted by Gasteiger charge is 2.04. The Morgan fingerprint density at radius 2 is 2.00 bits per heavy atom. The van der Waals surface area contributed by atoms with Gasteiger partial charge in [0.1, 0.15) is 11.6 Å². The maximum absolute atomic E-state index is 13.1. The summed E-state index contributed by atoms with van der Waals surface area (Å²) in [5, 5.41) is 14.7. The molecule has 0 bridgehead atoms. The number of halogens is 1. The first kappa shape index (κ1) is 14.6. The number of hydrogen-bond acceptors (Lipinski definition) is 4. The average Bonchev–Trinajstić information content (AvgIpc) is 2.53. The van der Waals surface area contributed by atoms with Crippen LogP contribution in [0.25, 0.3) is 0 Å². The summed E-state index contributed by atoms with van der Waals surface area (Å²) < 4.78 is 18.2. The summed E-state index contributed by atoms with van der Waals surface area (Å²) in [6, 6.07) is 11.5. The molecule has 0 fully saturated rings. The molecule has 0 heterocycles. The smallest absolute Gasteiger partial charge is 0.170 e. The Labute approximate surface area is 121 Å². The van der Waals surface area contributed by atoms with E-state index in [2.05, 4.69) is 10.5 Å². The molecule has 0 radical (unpaired) electrons. The molecule has 2 rings (SSSR count). The Morgan fingerprint density at radius 3 is 2.62 bits per heavy atom. The van der Waals surface area contributed by atoms with Crippen LogP contribution in [0.3, 0.4) is 0 Å². The van der Waals surface area contributed by atoms with Gasteiger partial charge in [-0.2, -0.15) is 0 Å². The minimum Gasteiger partial charge on any atom is -0.494 e. The standard InChI is InChI=1S/C15H16FN3O2/c1-21-14-8-12(16)6-7-13(14)18-9-10-2-4-11(5-3-10)15(17)19-20/h2-8,18,20H,9H2,1H3,(H2,17,19). The van der Waals surface area contributed by atoms with Gasteiger partial charge in [-0.25, -0.2) is 4.39 Å². The summed E-state index contributed by atoms with van der Waals surface area (Å²) in [6.45, 7) is 0.540. The zero-order chi connectivity index (χ0) is 15.2. The van der Waals surface area contributed by atoms with Gasteiger partial charge in [-0.1, -0.05) is 29.4 Å². The molecule has 6 heteroatoms. The molecule has 0 saturated carbocycles. The van der Waals surface area contributed by atoms with E-state index in [1.165, 1.54) is 19.2 Å². The van der Waals surface area contributed by atoms with Gasteiger partial charge in [-0.15, -0.1) is 0 Å². The van der Waals surface area contributed by atoms with Gasteiger partial charge in [0.25, 0.3) is 0 Å². The van der Waals surface area contributed by atoms with Crippen molar-refractivity contribution in [3.8, 4) is 5.75 Å². The van der Waals surface area contributed by atoms with E-state index >= 15 is 0 Å². The normalized spacial score (nSPS) is 11.2. The van der Waals surface area contributed by atoms with Gasteiger partial charge in [-0.05, 0) is 17.7 Å². The number of oxime groups is 1. The molecule has 0 aliphatic heterocycles. The summed E-state index contributed by atoms with van der Waals surface area (Å²) in [4.78, 5) is 0. The van der Waals surface area contributed by atoms with E-state index in [1.54, 1.807) is 18.2 Å². The summed E-state index contributed by atoms with van der Waals surface area (Å²) in [7, 11) is 1.49. The number of nitrogens with two attached hydrogens (primary N) is 1. The fourth-order valence-electron chi connectivity index (χ4n) is 1.86. The molecule has 0 unspecified atom stereocenters. The van der Waals surface area contributed by atoms with Gasteiger partial charge in [0.15, 0.2) is 5.84 Å². The zero-order valence-corrected chi connectivity index (χ0v) is 11.5. The number of anilines is 1. The van der Waals surface area contributed by atoms with Crippen LogP contribution in [0.2, 0.25) is 0 Å². The van der Waals surface area contributed by atoms with Crippen molar-refractivity contribution < 1.29 is 14.3 Å². The Bertz CT molecular complexity index is 642. The van der Waals surface area contributed by atoms with Crippen LogP contribution >= 0.6 is 0 Å². The van der Waals surface area contributed by atoms with E-state index in [4.69, 9.17) is 15.7 Å². The fraction of sp³-hybridized carbons (Fsp3) is 0.133. The Morgan fingerprint density at radius 1 is 1.29 bits per heavy atom. The highest BCUT2D eigenvalue weighted by molar-refractivity contribution is 5.96. The van der Waals surface area contributed by atoms with Gasteiger partial charge in [0.05, 0.1) is 12.8 Å². The number of nitrogens with zero attached hydrogens (tertiary/aromatic N) is 1. The minimum atomic E-state index is -0.347. The van der Waals surface area contributed by atoms with Crippen LogP contribution in [0.15, 0.2) is 47.6 Å². The molecule has 110 valence electrons. The molecule has 0 amide bonds. The van der Waals surface area contributed by atoms with Crippen molar-refractivity contribution in [1.82, 2.24) is 0 Å². The number of rotatable bonds is 5. The quantitative estimate of drug-likeness (QED) is 0.342. The van der Waals surface area contributed by atoms with Crippen LogP contribution in [-0.2, 0) is 6.54 Å². The molecule has 0 aliphatic rings. The average molecular weight is 289 g/mol. The second kappa shape index (κ2) is 6.60. The number of benzene rings is 2. The van der Waals surface area contributed by atoms with Crippen LogP contribution in [0, 0.1) is 5.82 Å². The molecule has 2 aromatic carbocycles. The van der Waals surface area contributed by atoms with E-state index in [1.807, 2.05) is 12.1 Å². The first-order chi connectivity index (χ1) is 10.1. The molecule has 0 atom stereocenters. The van der Waals surface area contributed by atoms with Crippen molar-refractivity contribution in [2.24, 2.45) is 10.9 Å². The Kier molecular flexibility index (Phi) is 4.61. The molecule has 4 N–H and O–H groups in total. The highest BCUT2D eigenvalue weighted by atomic mass is 19.1. The fourth-order valence-corrected chi connectivity index (χ4v) is 1.86. The lowest BCUT2D eigenvalue weighted by Crippen LogP contribution is -2.13. The lowest BCUT2D eigenvalue weighted by Gasteiger charge is -2.11. The first-order valence-electron chi connectivity index (χ1n) is 6.28. The van der Waals surface area contributed by atoms with Gasteiger partial charge in [0, 0.05) is 18.2 Å². The summed E-state index contributed by atoms with van der Waals surface area (Å²) in [6.07, 6.45) is 0. The van der Waals surface area contributed by atoms with Crippen molar-refractivity contribution in [3.63, 3.8) is 0 Å². The van der Waals surface area contributed by atoms with Crippen LogP contribution in [0.1, 0.15) is 11.1 Å². The lowest BCUT2D eigenvalue weighted by molar-refractivity contribution is 0.318. The number of hydrogen-bond donors (Lipinski definition) is 3. The monoisotopic (exact) mass is 289 g/mol. The van der Waals surface area contributed by atoms with Crippen molar-refractivity contribution in [3.05, 3.63) is 59.4 Å². The maximum atomic E-state index is 13.1. The molecular formula is C15H16FN3O2. The van der Waals surface area contributed by atoms with Gasteiger partial charge in [0.2, 0.25) is 0 Å². The molecule has 0 spiro atoms. The number of nitrogens with one attached hydrogen (secondary N) is 1.